The molecule has 0 spiro atoms. The Kier molecular flexibility index (Phi) is 2.58. The second-order valence-corrected chi connectivity index (χ2v) is 4.50. The number of fused-ring (bicyclic) bond motifs is 1. The van der Waals surface area contributed by atoms with Crippen LogP contribution in [-0.4, -0.2) is 21.1 Å². The molecule has 0 unspecified atom stereocenters. The minimum atomic E-state index is -0.204. The molecule has 1 N–H and O–H groups in total. The van der Waals surface area contributed by atoms with Gasteiger partial charge in [0.05, 0.1) is 0 Å². The van der Waals surface area contributed by atoms with Crippen LogP contribution >= 0.6 is 11.3 Å². The lowest BCUT2D eigenvalue weighted by atomic mass is 10.3. The van der Waals surface area contributed by atoms with E-state index in [1.165, 1.54) is 17.4 Å². The van der Waals surface area contributed by atoms with E-state index in [9.17, 15) is 4.79 Å². The van der Waals surface area contributed by atoms with Gasteiger partial charge in [-0.25, -0.2) is 0 Å². The van der Waals surface area contributed by atoms with Crippen molar-refractivity contribution >= 4 is 16.3 Å². The summed E-state index contributed by atoms with van der Waals surface area (Å²) in [5, 5.41) is 8.91. The number of hydrogen-bond donors (Lipinski definition) is 1. The third kappa shape index (κ3) is 1.68. The number of hydrogen-bond acceptors (Lipinski definition) is 4. The van der Waals surface area contributed by atoms with E-state index in [0.717, 1.165) is 16.3 Å². The zero-order valence-electron chi connectivity index (χ0n) is 8.65. The molecule has 0 aromatic carbocycles. The van der Waals surface area contributed by atoms with Gasteiger partial charge in [-0.15, -0.1) is 11.3 Å². The van der Waals surface area contributed by atoms with Crippen molar-refractivity contribution in [3.63, 3.8) is 0 Å². The van der Waals surface area contributed by atoms with Crippen LogP contribution in [0.25, 0.3) is 4.96 Å². The van der Waals surface area contributed by atoms with Crippen LogP contribution in [-0.2, 0) is 6.42 Å². The first-order chi connectivity index (χ1) is 7.13. The number of aryl methyl sites for hydroxylation is 2. The summed E-state index contributed by atoms with van der Waals surface area (Å²) in [5.41, 5.74) is 1.75. The van der Waals surface area contributed by atoms with Gasteiger partial charge in [0, 0.05) is 35.4 Å². The van der Waals surface area contributed by atoms with Gasteiger partial charge < -0.3 is 5.11 Å². The molecule has 0 amide bonds. The summed E-state index contributed by atoms with van der Waals surface area (Å²) in [7, 11) is 0. The molecule has 2 rings (SSSR count). The van der Waals surface area contributed by atoms with E-state index in [2.05, 4.69) is 4.98 Å². The maximum Gasteiger partial charge on any atom is 0.274 e. The van der Waals surface area contributed by atoms with Crippen LogP contribution < -0.4 is 5.56 Å². The number of rotatable bonds is 2. The number of aliphatic hydroxyl groups excluding tert-OH is 1. The van der Waals surface area contributed by atoms with Crippen LogP contribution in [0.15, 0.2) is 10.9 Å². The van der Waals surface area contributed by atoms with Gasteiger partial charge in [0.15, 0.2) is 4.96 Å². The van der Waals surface area contributed by atoms with Gasteiger partial charge in [-0.1, -0.05) is 0 Å². The van der Waals surface area contributed by atoms with E-state index in [1.807, 2.05) is 18.2 Å². The van der Waals surface area contributed by atoms with Crippen molar-refractivity contribution in [3.05, 3.63) is 32.7 Å². The zero-order chi connectivity index (χ0) is 11.0. The monoisotopic (exact) mass is 224 g/mol. The molecule has 4 nitrogen and oxygen atoms in total. The van der Waals surface area contributed by atoms with Gasteiger partial charge in [-0.2, -0.15) is 4.98 Å². The molecule has 0 aliphatic rings. The van der Waals surface area contributed by atoms with Crippen molar-refractivity contribution in [1.29, 1.82) is 0 Å². The molecular formula is C10H12N2O2S. The number of thiazole rings is 1. The van der Waals surface area contributed by atoms with Crippen LogP contribution in [0.4, 0.5) is 0 Å². The van der Waals surface area contributed by atoms with Crippen LogP contribution in [0.3, 0.4) is 0 Å². The minimum Gasteiger partial charge on any atom is -0.396 e. The van der Waals surface area contributed by atoms with Gasteiger partial charge in [0.25, 0.3) is 5.56 Å². The van der Waals surface area contributed by atoms with Gasteiger partial charge in [-0.3, -0.25) is 9.20 Å². The summed E-state index contributed by atoms with van der Waals surface area (Å²) in [6.07, 6.45) is 0.619. The summed E-state index contributed by atoms with van der Waals surface area (Å²) >= 11 is 1.47. The highest BCUT2D eigenvalue weighted by Crippen LogP contribution is 2.22. The lowest BCUT2D eigenvalue weighted by molar-refractivity contribution is 0.300. The standard InChI is InChI=1S/C10H12N2O2S/c1-6-5-9(14)11-10-12(6)7(2)8(15-10)3-4-13/h5,13H,3-4H2,1-2H3. The maximum atomic E-state index is 11.2. The molecule has 0 fully saturated rings. The Bertz CT molecular complexity index is 556. The molecule has 0 radical (unpaired) electrons. The van der Waals surface area contributed by atoms with Crippen LogP contribution in [0.2, 0.25) is 0 Å². The fraction of sp³-hybridized carbons (Fsp3) is 0.400. The van der Waals surface area contributed by atoms with Gasteiger partial charge in [0.2, 0.25) is 0 Å². The van der Waals surface area contributed by atoms with E-state index in [-0.39, 0.29) is 12.2 Å². The SMILES string of the molecule is Cc1cc(=O)nc2sc(CCO)c(C)n12. The normalized spacial score (nSPS) is 11.1. The molecule has 0 bridgehead atoms. The third-order valence-electron chi connectivity index (χ3n) is 2.37. The molecule has 0 atom stereocenters. The zero-order valence-corrected chi connectivity index (χ0v) is 9.47. The van der Waals surface area contributed by atoms with Crippen molar-refractivity contribution in [2.45, 2.75) is 20.3 Å². The van der Waals surface area contributed by atoms with E-state index in [0.29, 0.717) is 11.4 Å². The van der Waals surface area contributed by atoms with Gasteiger partial charge in [-0.05, 0) is 13.8 Å². The molecule has 0 saturated carbocycles. The molecule has 2 aromatic rings. The Morgan fingerprint density at radius 3 is 2.93 bits per heavy atom. The van der Waals surface area contributed by atoms with Crippen molar-refractivity contribution < 1.29 is 5.11 Å². The van der Waals surface area contributed by atoms with E-state index in [4.69, 9.17) is 5.11 Å². The van der Waals surface area contributed by atoms with Crippen molar-refractivity contribution in [2.75, 3.05) is 6.61 Å². The van der Waals surface area contributed by atoms with Gasteiger partial charge >= 0.3 is 0 Å². The quantitative estimate of drug-likeness (QED) is 0.825. The smallest absolute Gasteiger partial charge is 0.274 e. The highest BCUT2D eigenvalue weighted by molar-refractivity contribution is 7.17. The predicted octanol–water partition coefficient (Wildman–Crippen LogP) is 0.908. The molecule has 2 aromatic heterocycles. The molecule has 0 aliphatic heterocycles. The Hall–Kier alpha value is -1.20. The summed E-state index contributed by atoms with van der Waals surface area (Å²) < 4.78 is 1.96. The molecule has 0 aliphatic carbocycles. The number of aliphatic hydroxyl groups is 1. The fourth-order valence-electron chi connectivity index (χ4n) is 1.69. The predicted molar refractivity (Wildman–Crippen MR) is 59.6 cm³/mol. The second kappa shape index (κ2) is 3.75. The second-order valence-electron chi connectivity index (χ2n) is 3.44. The van der Waals surface area contributed by atoms with Gasteiger partial charge in [0.1, 0.15) is 0 Å². The first-order valence-electron chi connectivity index (χ1n) is 4.73. The Morgan fingerprint density at radius 2 is 2.27 bits per heavy atom. The number of aromatic nitrogens is 2. The highest BCUT2D eigenvalue weighted by Gasteiger charge is 2.10. The topological polar surface area (TPSA) is 54.6 Å². The lowest BCUT2D eigenvalue weighted by Gasteiger charge is -2.00. The highest BCUT2D eigenvalue weighted by atomic mass is 32.1. The summed E-state index contributed by atoms with van der Waals surface area (Å²) in [6.45, 7) is 3.99. The maximum absolute atomic E-state index is 11.2. The Labute approximate surface area is 90.8 Å². The molecule has 15 heavy (non-hydrogen) atoms. The number of nitrogens with zero attached hydrogens (tertiary/aromatic N) is 2. The fourth-order valence-corrected chi connectivity index (χ4v) is 2.85. The van der Waals surface area contributed by atoms with Crippen molar-refractivity contribution in [2.24, 2.45) is 0 Å². The summed E-state index contributed by atoms with van der Waals surface area (Å²) in [5.74, 6) is 0. The molecule has 0 saturated heterocycles. The van der Waals surface area contributed by atoms with Crippen LogP contribution in [0.1, 0.15) is 16.3 Å². The van der Waals surface area contributed by atoms with Crippen molar-refractivity contribution in [1.82, 2.24) is 9.38 Å². The van der Waals surface area contributed by atoms with Crippen LogP contribution in [0, 0.1) is 13.8 Å². The molecule has 5 heteroatoms. The first kappa shape index (κ1) is 10.3. The molecular weight excluding hydrogens is 212 g/mol. The first-order valence-corrected chi connectivity index (χ1v) is 5.54. The Balaban J connectivity index is 2.76. The molecule has 2 heterocycles. The van der Waals surface area contributed by atoms with E-state index < -0.39 is 0 Å². The largest absolute Gasteiger partial charge is 0.396 e. The lowest BCUT2D eigenvalue weighted by Crippen LogP contribution is -2.09. The molecule has 80 valence electrons. The van der Waals surface area contributed by atoms with E-state index >= 15 is 0 Å². The van der Waals surface area contributed by atoms with Crippen LogP contribution in [0.5, 0.6) is 0 Å². The Morgan fingerprint density at radius 1 is 1.53 bits per heavy atom. The summed E-state index contributed by atoms with van der Waals surface area (Å²) in [4.78, 5) is 17.0. The van der Waals surface area contributed by atoms with E-state index in [1.54, 1.807) is 0 Å². The minimum absolute atomic E-state index is 0.123. The third-order valence-corrected chi connectivity index (χ3v) is 3.58. The average Bonchev–Trinajstić information content (AvgIpc) is 2.43. The van der Waals surface area contributed by atoms with Crippen molar-refractivity contribution in [3.8, 4) is 0 Å². The summed E-state index contributed by atoms with van der Waals surface area (Å²) in [6, 6.07) is 1.52. The average molecular weight is 224 g/mol.